The van der Waals surface area contributed by atoms with E-state index in [2.05, 4.69) is 4.90 Å². The van der Waals surface area contributed by atoms with E-state index in [0.29, 0.717) is 12.2 Å². The van der Waals surface area contributed by atoms with Crippen molar-refractivity contribution in [3.05, 3.63) is 29.8 Å². The Morgan fingerprint density at radius 2 is 1.96 bits per heavy atom. The number of carbonyl (C=O) groups is 1. The lowest BCUT2D eigenvalue weighted by atomic mass is 10.1. The fourth-order valence-corrected chi connectivity index (χ4v) is 3.44. The molecule has 3 rings (SSSR count). The summed E-state index contributed by atoms with van der Waals surface area (Å²) < 4.78 is 5.47. The van der Waals surface area contributed by atoms with Crippen LogP contribution in [0.15, 0.2) is 24.3 Å². The number of likely N-dealkylation sites (tertiary alicyclic amines) is 1. The second-order valence-electron chi connectivity index (χ2n) is 6.43. The fraction of sp³-hybridized carbons (Fsp3) is 0.611. The molecule has 2 saturated heterocycles. The van der Waals surface area contributed by atoms with Crippen molar-refractivity contribution in [3.63, 3.8) is 0 Å². The number of carbonyl (C=O) groups excluding carboxylic acids is 1. The van der Waals surface area contributed by atoms with Gasteiger partial charge >= 0.3 is 0 Å². The minimum absolute atomic E-state index is 0.206. The Labute approximate surface area is 143 Å². The number of primary amides is 1. The summed E-state index contributed by atoms with van der Waals surface area (Å²) in [7, 11) is 0. The topological polar surface area (TPSA) is 68.0 Å². The zero-order chi connectivity index (χ0) is 16.8. The van der Waals surface area contributed by atoms with Crippen LogP contribution in [0.2, 0.25) is 0 Å². The molecule has 2 fully saturated rings. The number of amides is 1. The smallest absolute Gasteiger partial charge is 0.250 e. The summed E-state index contributed by atoms with van der Waals surface area (Å²) in [6.45, 7) is 5.27. The molecule has 2 aliphatic heterocycles. The van der Waals surface area contributed by atoms with Crippen LogP contribution in [-0.2, 0) is 9.57 Å². The summed E-state index contributed by atoms with van der Waals surface area (Å²) in [5.74, 6) is -0.425. The highest BCUT2D eigenvalue weighted by Gasteiger charge is 2.26. The van der Waals surface area contributed by atoms with Crippen molar-refractivity contribution in [2.24, 2.45) is 5.73 Å². The first-order valence-corrected chi connectivity index (χ1v) is 8.87. The van der Waals surface area contributed by atoms with E-state index in [0.717, 1.165) is 51.4 Å². The monoisotopic (exact) mass is 333 g/mol. The van der Waals surface area contributed by atoms with Crippen LogP contribution in [-0.4, -0.2) is 56.3 Å². The van der Waals surface area contributed by atoms with Gasteiger partial charge in [0.25, 0.3) is 5.91 Å². The van der Waals surface area contributed by atoms with Crippen molar-refractivity contribution in [1.82, 2.24) is 4.90 Å². The number of benzene rings is 1. The number of para-hydroxylation sites is 1. The highest BCUT2D eigenvalue weighted by Crippen LogP contribution is 2.27. The molecule has 0 aliphatic carbocycles. The van der Waals surface area contributed by atoms with Crippen molar-refractivity contribution in [2.45, 2.75) is 31.7 Å². The largest absolute Gasteiger partial charge is 0.381 e. The van der Waals surface area contributed by atoms with Gasteiger partial charge in [-0.1, -0.05) is 12.1 Å². The molecule has 0 saturated carbocycles. The summed E-state index contributed by atoms with van der Waals surface area (Å²) >= 11 is 0. The van der Waals surface area contributed by atoms with Crippen molar-refractivity contribution in [1.29, 1.82) is 0 Å². The zero-order valence-corrected chi connectivity index (χ0v) is 14.2. The molecule has 2 aliphatic rings. The average molecular weight is 333 g/mol. The lowest BCUT2D eigenvalue weighted by molar-refractivity contribution is 0.0225. The maximum absolute atomic E-state index is 11.8. The van der Waals surface area contributed by atoms with Crippen LogP contribution >= 0.6 is 0 Å². The van der Waals surface area contributed by atoms with Crippen molar-refractivity contribution in [3.8, 4) is 0 Å². The number of hydroxylamine groups is 1. The Balaban J connectivity index is 1.72. The SMILES string of the molecule is NC(=O)c1ccccc1N(OCCN1CCCC1)C1CCOCC1. The summed E-state index contributed by atoms with van der Waals surface area (Å²) in [6.07, 6.45) is 4.32. The molecule has 0 bridgehead atoms. The Kier molecular flexibility index (Phi) is 6.07. The maximum atomic E-state index is 11.8. The van der Waals surface area contributed by atoms with Gasteiger partial charge in [0.15, 0.2) is 0 Å². The Hall–Kier alpha value is -1.63. The first-order valence-electron chi connectivity index (χ1n) is 8.87. The van der Waals surface area contributed by atoms with Crippen molar-refractivity contribution in [2.75, 3.05) is 44.5 Å². The summed E-state index contributed by atoms with van der Waals surface area (Å²) in [4.78, 5) is 20.4. The Bertz CT molecular complexity index is 540. The molecule has 2 N–H and O–H groups in total. The van der Waals surface area contributed by atoms with Crippen LogP contribution in [0.3, 0.4) is 0 Å². The normalized spacial score (nSPS) is 19.5. The zero-order valence-electron chi connectivity index (χ0n) is 14.2. The van der Waals surface area contributed by atoms with Gasteiger partial charge in [-0.05, 0) is 50.9 Å². The molecule has 6 nitrogen and oxygen atoms in total. The first kappa shape index (κ1) is 17.2. The van der Waals surface area contributed by atoms with E-state index in [9.17, 15) is 4.79 Å². The molecule has 24 heavy (non-hydrogen) atoms. The van der Waals surface area contributed by atoms with Gasteiger partial charge in [-0.25, -0.2) is 0 Å². The minimum Gasteiger partial charge on any atom is -0.381 e. The number of nitrogens with two attached hydrogens (primary N) is 1. The number of hydrogen-bond acceptors (Lipinski definition) is 5. The van der Waals surface area contributed by atoms with E-state index in [-0.39, 0.29) is 6.04 Å². The minimum atomic E-state index is -0.425. The van der Waals surface area contributed by atoms with Gasteiger partial charge in [-0.2, -0.15) is 0 Å². The molecule has 1 aromatic rings. The number of ether oxygens (including phenoxy) is 1. The standard InChI is InChI=1S/C18H27N3O3/c19-18(22)16-5-1-2-6-17(16)21(15-7-12-23-13-8-15)24-14-11-20-9-3-4-10-20/h1-2,5-6,15H,3-4,7-14H2,(H2,19,22). The van der Waals surface area contributed by atoms with E-state index in [1.165, 1.54) is 12.8 Å². The molecular weight excluding hydrogens is 306 g/mol. The summed E-state index contributed by atoms with van der Waals surface area (Å²) in [5.41, 5.74) is 6.82. The number of rotatable bonds is 7. The van der Waals surface area contributed by atoms with E-state index in [1.54, 1.807) is 6.07 Å². The van der Waals surface area contributed by atoms with Crippen LogP contribution in [0.5, 0.6) is 0 Å². The molecule has 2 heterocycles. The quantitative estimate of drug-likeness (QED) is 0.771. The number of anilines is 1. The van der Waals surface area contributed by atoms with Gasteiger partial charge in [0, 0.05) is 19.8 Å². The summed E-state index contributed by atoms with van der Waals surface area (Å²) in [6, 6.07) is 7.62. The van der Waals surface area contributed by atoms with Gasteiger partial charge in [0.1, 0.15) is 0 Å². The lowest BCUT2D eigenvalue weighted by Gasteiger charge is -2.36. The third-order valence-electron chi connectivity index (χ3n) is 4.77. The molecule has 0 atom stereocenters. The van der Waals surface area contributed by atoms with Gasteiger partial charge in [-0.15, -0.1) is 0 Å². The van der Waals surface area contributed by atoms with E-state index < -0.39 is 5.91 Å². The van der Waals surface area contributed by atoms with E-state index >= 15 is 0 Å². The van der Waals surface area contributed by atoms with Gasteiger partial charge in [0.05, 0.1) is 23.9 Å². The molecule has 132 valence electrons. The highest BCUT2D eigenvalue weighted by atomic mass is 16.7. The van der Waals surface area contributed by atoms with Gasteiger partial charge < -0.3 is 15.4 Å². The van der Waals surface area contributed by atoms with Crippen molar-refractivity contribution >= 4 is 11.6 Å². The molecule has 0 spiro atoms. The predicted octanol–water partition coefficient (Wildman–Crippen LogP) is 1.80. The van der Waals surface area contributed by atoms with Crippen LogP contribution in [0.4, 0.5) is 5.69 Å². The van der Waals surface area contributed by atoms with Crippen LogP contribution < -0.4 is 10.8 Å². The predicted molar refractivity (Wildman–Crippen MR) is 92.9 cm³/mol. The van der Waals surface area contributed by atoms with Crippen LogP contribution in [0, 0.1) is 0 Å². The summed E-state index contributed by atoms with van der Waals surface area (Å²) in [5, 5.41) is 1.90. The molecule has 0 aromatic heterocycles. The molecule has 6 heteroatoms. The van der Waals surface area contributed by atoms with Gasteiger partial charge in [0.2, 0.25) is 0 Å². The molecule has 0 radical (unpaired) electrons. The van der Waals surface area contributed by atoms with Crippen LogP contribution in [0.25, 0.3) is 0 Å². The third kappa shape index (κ3) is 4.26. The first-order chi connectivity index (χ1) is 11.8. The van der Waals surface area contributed by atoms with Crippen molar-refractivity contribution < 1.29 is 14.4 Å². The van der Waals surface area contributed by atoms with E-state index in [1.807, 2.05) is 23.3 Å². The Morgan fingerprint density at radius 3 is 2.67 bits per heavy atom. The Morgan fingerprint density at radius 1 is 1.25 bits per heavy atom. The molecule has 0 unspecified atom stereocenters. The number of hydrogen-bond donors (Lipinski definition) is 1. The molecule has 1 amide bonds. The average Bonchev–Trinajstić information content (AvgIpc) is 3.13. The second kappa shape index (κ2) is 8.46. The van der Waals surface area contributed by atoms with E-state index in [4.69, 9.17) is 15.3 Å². The molecular formula is C18H27N3O3. The third-order valence-corrected chi connectivity index (χ3v) is 4.77. The number of nitrogens with zero attached hydrogens (tertiary/aromatic N) is 2. The lowest BCUT2D eigenvalue weighted by Crippen LogP contribution is -2.42. The molecule has 1 aromatic carbocycles. The van der Waals surface area contributed by atoms with Crippen LogP contribution in [0.1, 0.15) is 36.0 Å². The second-order valence-corrected chi connectivity index (χ2v) is 6.43. The van der Waals surface area contributed by atoms with Gasteiger partial charge in [-0.3, -0.25) is 14.7 Å². The fourth-order valence-electron chi connectivity index (χ4n) is 3.44. The maximum Gasteiger partial charge on any atom is 0.250 e. The highest BCUT2D eigenvalue weighted by molar-refractivity contribution is 5.98.